The Morgan fingerprint density at radius 3 is 2.48 bits per heavy atom. The van der Waals surface area contributed by atoms with E-state index in [-0.39, 0.29) is 48.3 Å². The van der Waals surface area contributed by atoms with Crippen LogP contribution in [0.25, 0.3) is 0 Å². The van der Waals surface area contributed by atoms with Crippen molar-refractivity contribution in [2.24, 2.45) is 11.8 Å². The molecule has 1 N–H and O–H groups in total. The van der Waals surface area contributed by atoms with E-state index >= 15 is 0 Å². The molecule has 0 saturated heterocycles. The van der Waals surface area contributed by atoms with Crippen LogP contribution in [-0.2, 0) is 14.3 Å². The maximum absolute atomic E-state index is 13.3. The Hall–Kier alpha value is -2.61. The quantitative estimate of drug-likeness (QED) is 0.750. The Kier molecular flexibility index (Phi) is 8.35. The average molecular weight is 460 g/mol. The Bertz CT molecular complexity index is 868. The predicted molar refractivity (Wildman–Crippen MR) is 126 cm³/mol. The maximum Gasteiger partial charge on any atom is 0.257 e. The van der Waals surface area contributed by atoms with Gasteiger partial charge in [-0.05, 0) is 31.9 Å². The number of anilines is 1. The molecule has 1 heterocycles. The molecule has 1 aromatic rings. The molecule has 0 bridgehead atoms. The van der Waals surface area contributed by atoms with Gasteiger partial charge in [-0.3, -0.25) is 14.4 Å². The molecule has 1 fully saturated rings. The normalized spacial score (nSPS) is 25.0. The van der Waals surface area contributed by atoms with Gasteiger partial charge in [-0.25, -0.2) is 0 Å². The average Bonchev–Trinajstić information content (AvgIpc) is 3.33. The SMILES string of the molecule is CO[C@@H]1CN(C)C(=O)c2ccc(NC(=O)C3CCCC3)cc2OC[C@@H](C)N(C(C)=O)C[C@@H]1C. The molecule has 182 valence electrons. The van der Waals surface area contributed by atoms with E-state index in [4.69, 9.17) is 9.47 Å². The molecular formula is C25H37N3O5. The molecule has 1 aliphatic heterocycles. The second-order valence-electron chi connectivity index (χ2n) is 9.45. The number of fused-ring (bicyclic) bond motifs is 1. The Morgan fingerprint density at radius 2 is 1.85 bits per heavy atom. The van der Waals surface area contributed by atoms with Gasteiger partial charge in [0, 0.05) is 57.8 Å². The second kappa shape index (κ2) is 11.0. The van der Waals surface area contributed by atoms with Crippen molar-refractivity contribution in [2.75, 3.05) is 39.2 Å². The summed E-state index contributed by atoms with van der Waals surface area (Å²) in [5.41, 5.74) is 1.02. The molecule has 1 saturated carbocycles. The van der Waals surface area contributed by atoms with Gasteiger partial charge in [0.05, 0.1) is 17.7 Å². The highest BCUT2D eigenvalue weighted by molar-refractivity contribution is 5.98. The minimum Gasteiger partial charge on any atom is -0.491 e. The monoisotopic (exact) mass is 459 g/mol. The number of benzene rings is 1. The minimum absolute atomic E-state index is 0.0112. The molecule has 0 unspecified atom stereocenters. The number of nitrogens with one attached hydrogen (secondary N) is 1. The molecule has 0 radical (unpaired) electrons. The van der Waals surface area contributed by atoms with Crippen molar-refractivity contribution in [1.29, 1.82) is 0 Å². The third kappa shape index (κ3) is 6.05. The van der Waals surface area contributed by atoms with Crippen molar-refractivity contribution in [3.8, 4) is 5.75 Å². The van der Waals surface area contributed by atoms with Crippen molar-refractivity contribution in [2.45, 2.75) is 58.6 Å². The second-order valence-corrected chi connectivity index (χ2v) is 9.45. The van der Waals surface area contributed by atoms with Gasteiger partial charge < -0.3 is 24.6 Å². The molecule has 1 aromatic carbocycles. The molecule has 0 spiro atoms. The van der Waals surface area contributed by atoms with E-state index in [1.165, 1.54) is 0 Å². The van der Waals surface area contributed by atoms with Gasteiger partial charge in [0.25, 0.3) is 5.91 Å². The van der Waals surface area contributed by atoms with Crippen molar-refractivity contribution < 1.29 is 23.9 Å². The fraction of sp³-hybridized carbons (Fsp3) is 0.640. The molecular weight excluding hydrogens is 422 g/mol. The highest BCUT2D eigenvalue weighted by Crippen LogP contribution is 2.29. The van der Waals surface area contributed by atoms with Crippen LogP contribution < -0.4 is 10.1 Å². The van der Waals surface area contributed by atoms with Gasteiger partial charge in [-0.1, -0.05) is 19.8 Å². The fourth-order valence-electron chi connectivity index (χ4n) is 4.72. The van der Waals surface area contributed by atoms with Crippen LogP contribution in [0.1, 0.15) is 56.8 Å². The minimum atomic E-state index is -0.221. The first kappa shape index (κ1) is 25.0. The van der Waals surface area contributed by atoms with Gasteiger partial charge in [-0.15, -0.1) is 0 Å². The van der Waals surface area contributed by atoms with Gasteiger partial charge in [-0.2, -0.15) is 0 Å². The Balaban J connectivity index is 1.90. The topological polar surface area (TPSA) is 88.2 Å². The van der Waals surface area contributed by atoms with E-state index in [0.29, 0.717) is 30.1 Å². The number of nitrogens with zero attached hydrogens (tertiary/aromatic N) is 2. The molecule has 1 aliphatic carbocycles. The highest BCUT2D eigenvalue weighted by atomic mass is 16.5. The van der Waals surface area contributed by atoms with Crippen LogP contribution in [0.5, 0.6) is 5.75 Å². The third-order valence-corrected chi connectivity index (χ3v) is 6.84. The summed E-state index contributed by atoms with van der Waals surface area (Å²) in [6, 6.07) is 4.96. The van der Waals surface area contributed by atoms with E-state index in [1.54, 1.807) is 49.1 Å². The van der Waals surface area contributed by atoms with E-state index in [1.807, 2.05) is 13.8 Å². The first-order chi connectivity index (χ1) is 15.7. The number of likely N-dealkylation sites (N-methyl/N-ethyl adjacent to an activating group) is 1. The number of carbonyl (C=O) groups excluding carboxylic acids is 3. The van der Waals surface area contributed by atoms with Crippen LogP contribution in [-0.4, -0.2) is 73.5 Å². The highest BCUT2D eigenvalue weighted by Gasteiger charge is 2.29. The summed E-state index contributed by atoms with van der Waals surface area (Å²) in [6.07, 6.45) is 3.76. The third-order valence-electron chi connectivity index (χ3n) is 6.84. The van der Waals surface area contributed by atoms with E-state index in [0.717, 1.165) is 25.7 Å². The molecule has 33 heavy (non-hydrogen) atoms. The summed E-state index contributed by atoms with van der Waals surface area (Å²) in [6.45, 7) is 6.63. The number of carbonyl (C=O) groups is 3. The summed E-state index contributed by atoms with van der Waals surface area (Å²) in [4.78, 5) is 41.6. The molecule has 3 rings (SSSR count). The van der Waals surface area contributed by atoms with Crippen LogP contribution >= 0.6 is 0 Å². The first-order valence-electron chi connectivity index (χ1n) is 11.8. The predicted octanol–water partition coefficient (Wildman–Crippen LogP) is 3.17. The number of hydrogen-bond acceptors (Lipinski definition) is 5. The van der Waals surface area contributed by atoms with Gasteiger partial charge in [0.1, 0.15) is 12.4 Å². The van der Waals surface area contributed by atoms with E-state index < -0.39 is 0 Å². The van der Waals surface area contributed by atoms with Crippen LogP contribution in [0.15, 0.2) is 18.2 Å². The van der Waals surface area contributed by atoms with Crippen LogP contribution in [0.3, 0.4) is 0 Å². The molecule has 3 atom stereocenters. The first-order valence-corrected chi connectivity index (χ1v) is 11.8. The number of methoxy groups -OCH3 is 1. The Labute approximate surface area is 196 Å². The van der Waals surface area contributed by atoms with Crippen LogP contribution in [0.2, 0.25) is 0 Å². The summed E-state index contributed by atoms with van der Waals surface area (Å²) >= 11 is 0. The lowest BCUT2D eigenvalue weighted by Gasteiger charge is -2.35. The van der Waals surface area contributed by atoms with Gasteiger partial charge in [0.15, 0.2) is 0 Å². The Morgan fingerprint density at radius 1 is 1.15 bits per heavy atom. The lowest BCUT2D eigenvalue weighted by molar-refractivity contribution is -0.133. The largest absolute Gasteiger partial charge is 0.491 e. The molecule has 3 amide bonds. The summed E-state index contributed by atoms with van der Waals surface area (Å²) < 4.78 is 11.8. The summed E-state index contributed by atoms with van der Waals surface area (Å²) in [5, 5.41) is 2.98. The molecule has 2 aliphatic rings. The van der Waals surface area contributed by atoms with Crippen molar-refractivity contribution in [3.05, 3.63) is 23.8 Å². The number of ether oxygens (including phenoxy) is 2. The lowest BCUT2D eigenvalue weighted by atomic mass is 10.0. The maximum atomic E-state index is 13.3. The van der Waals surface area contributed by atoms with Gasteiger partial charge in [0.2, 0.25) is 11.8 Å². The molecule has 8 nitrogen and oxygen atoms in total. The number of amides is 3. The van der Waals surface area contributed by atoms with Gasteiger partial charge >= 0.3 is 0 Å². The zero-order valence-corrected chi connectivity index (χ0v) is 20.4. The van der Waals surface area contributed by atoms with Crippen LogP contribution in [0, 0.1) is 11.8 Å². The summed E-state index contributed by atoms with van der Waals surface area (Å²) in [7, 11) is 3.36. The fourth-order valence-corrected chi connectivity index (χ4v) is 4.72. The zero-order chi connectivity index (χ0) is 24.1. The van der Waals surface area contributed by atoms with E-state index in [9.17, 15) is 14.4 Å². The van der Waals surface area contributed by atoms with E-state index in [2.05, 4.69) is 5.32 Å². The molecule has 0 aromatic heterocycles. The lowest BCUT2D eigenvalue weighted by Crippen LogP contribution is -2.48. The van der Waals surface area contributed by atoms with Crippen LogP contribution in [0.4, 0.5) is 5.69 Å². The zero-order valence-electron chi connectivity index (χ0n) is 20.4. The molecule has 8 heteroatoms. The van der Waals surface area contributed by atoms with Crippen molar-refractivity contribution >= 4 is 23.4 Å². The van der Waals surface area contributed by atoms with Crippen molar-refractivity contribution in [3.63, 3.8) is 0 Å². The summed E-state index contributed by atoms with van der Waals surface area (Å²) in [5.74, 6) is 0.267. The number of rotatable bonds is 3. The number of hydrogen-bond donors (Lipinski definition) is 1. The smallest absolute Gasteiger partial charge is 0.257 e. The standard InChI is InChI=1S/C25H37N3O5/c1-16-13-28(18(3)29)17(2)15-33-22-12-20(26-24(30)19-8-6-7-9-19)10-11-21(22)25(31)27(4)14-23(16)32-5/h10-12,16-17,19,23H,6-9,13-15H2,1-5H3,(H,26,30)/t16-,17+,23+/m0/s1. The van der Waals surface area contributed by atoms with Crippen molar-refractivity contribution in [1.82, 2.24) is 9.80 Å².